The van der Waals surface area contributed by atoms with Crippen LogP contribution in [0.4, 0.5) is 0 Å². The van der Waals surface area contributed by atoms with Gasteiger partial charge in [-0.3, -0.25) is 19.2 Å². The molecule has 8 nitrogen and oxygen atoms in total. The maximum absolute atomic E-state index is 11.4. The zero-order valence-corrected chi connectivity index (χ0v) is 52.4. The molecule has 211 valence electrons. The van der Waals surface area contributed by atoms with Crippen LogP contribution in [0.5, 0.6) is 0 Å². The first-order chi connectivity index (χ1) is 12.1. The zero-order chi connectivity index (χ0) is 20.3. The van der Waals surface area contributed by atoms with Crippen LogP contribution in [0.2, 0.25) is 0 Å². The first kappa shape index (κ1) is 104. The Kier molecular flexibility index (Phi) is 171. The predicted molar refractivity (Wildman–Crippen MR) is 120 cm³/mol. The van der Waals surface area contributed by atoms with Crippen LogP contribution >= 0.6 is 0 Å². The molecule has 0 aromatic rings. The number of carboxylic acids is 4. The molecule has 0 aliphatic heterocycles. The van der Waals surface area contributed by atoms with E-state index < -0.39 is 47.5 Å². The van der Waals surface area contributed by atoms with Crippen LogP contribution in [0.25, 0.3) is 0 Å². The van der Waals surface area contributed by atoms with E-state index in [1.54, 1.807) is 12.2 Å². The summed E-state index contributed by atoms with van der Waals surface area (Å²) in [6.07, 6.45) is 6.83. The van der Waals surface area contributed by atoms with Gasteiger partial charge < -0.3 is 20.4 Å². The van der Waals surface area contributed by atoms with Crippen molar-refractivity contribution in [1.82, 2.24) is 0 Å². The summed E-state index contributed by atoms with van der Waals surface area (Å²) in [4.78, 5) is 44.9. The molecule has 0 fully saturated rings. The van der Waals surface area contributed by atoms with Crippen LogP contribution in [0.15, 0.2) is 24.3 Å². The molecule has 0 aromatic heterocycles. The number of allylic oxidation sites excluding steroid dienone is 4. The van der Waals surface area contributed by atoms with Crippen molar-refractivity contribution in [2.24, 2.45) is 23.7 Å². The minimum absolute atomic E-state index is 0. The third kappa shape index (κ3) is 54.0. The SMILES string of the molecule is C.C.C.C.CCC=CCC(C(=O)O)C(CC=CCC(C(=O)O)C(C)C(=O)O)C(=O)O.[Y].[Y].[Y].[Y].[Y].[Y].[Y].[Y].[Y].[Y].[Y]. The monoisotopic (exact) mass is 1410 g/mol. The summed E-state index contributed by atoms with van der Waals surface area (Å²) in [6, 6.07) is 0. The molecule has 0 saturated carbocycles. The molecule has 0 bridgehead atoms. The van der Waals surface area contributed by atoms with Crippen molar-refractivity contribution in [3.63, 3.8) is 0 Å². The molecule has 19 heteroatoms. The molecule has 0 aliphatic rings. The predicted octanol–water partition coefficient (Wildman–Crippen LogP) is 5.02. The van der Waals surface area contributed by atoms with E-state index in [-0.39, 0.29) is 409 Å². The van der Waals surface area contributed by atoms with E-state index in [1.807, 2.05) is 6.92 Å². The van der Waals surface area contributed by atoms with E-state index >= 15 is 0 Å². The normalized spacial score (nSPS) is 10.3. The summed E-state index contributed by atoms with van der Waals surface area (Å²) < 4.78 is 0. The minimum Gasteiger partial charge on any atom is -0.481 e. The molecule has 0 heterocycles. The molecule has 0 aliphatic carbocycles. The number of carbonyl (C=O) groups is 4. The second kappa shape index (κ2) is 67.6. The summed E-state index contributed by atoms with van der Waals surface area (Å²) in [7, 11) is 0. The van der Waals surface area contributed by atoms with Crippen molar-refractivity contribution < 1.29 is 399 Å². The molecule has 0 spiro atoms. The quantitative estimate of drug-likeness (QED) is 0.188. The fraction of sp³-hybridized carbons (Fsp3) is 0.636. The van der Waals surface area contributed by atoms with Gasteiger partial charge in [-0.2, -0.15) is 0 Å². The maximum atomic E-state index is 11.4. The summed E-state index contributed by atoms with van der Waals surface area (Å²) >= 11 is 0. The molecule has 4 atom stereocenters. The van der Waals surface area contributed by atoms with Gasteiger partial charge in [-0.15, -0.1) is 0 Å². The average Bonchev–Trinajstić information content (AvgIpc) is 2.54. The summed E-state index contributed by atoms with van der Waals surface area (Å²) in [6.45, 7) is 3.16. The Morgan fingerprint density at radius 1 is 0.463 bits per heavy atom. The van der Waals surface area contributed by atoms with E-state index in [0.717, 1.165) is 0 Å². The topological polar surface area (TPSA) is 149 Å². The van der Waals surface area contributed by atoms with Crippen LogP contribution in [0.1, 0.15) is 69.2 Å². The Hall–Kier alpha value is 9.50. The molecule has 4 unspecified atom stereocenters. The molecule has 0 aromatic carbocycles. The molecule has 0 rings (SSSR count). The smallest absolute Gasteiger partial charge is 0.307 e. The Morgan fingerprint density at radius 3 is 0.878 bits per heavy atom. The van der Waals surface area contributed by atoms with E-state index in [1.165, 1.54) is 19.1 Å². The number of hydrogen-bond donors (Lipinski definition) is 4. The van der Waals surface area contributed by atoms with E-state index in [0.29, 0.717) is 6.42 Å². The van der Waals surface area contributed by atoms with Gasteiger partial charge in [0, 0.05) is 360 Å². The van der Waals surface area contributed by atoms with Crippen molar-refractivity contribution in [3.05, 3.63) is 24.3 Å². The van der Waals surface area contributed by atoms with Crippen molar-refractivity contribution in [1.29, 1.82) is 0 Å². The molecule has 0 saturated heterocycles. The van der Waals surface area contributed by atoms with Crippen molar-refractivity contribution >= 4 is 23.9 Å². The van der Waals surface area contributed by atoms with Crippen LogP contribution in [-0.4, -0.2) is 44.3 Å². The first-order valence-corrected chi connectivity index (χ1v) is 8.34. The Bertz CT molecular complexity index is 600. The molecular formula is C22H42O8Y11. The number of aliphatic carboxylic acids is 4. The van der Waals surface area contributed by atoms with Crippen LogP contribution < -0.4 is 0 Å². The summed E-state index contributed by atoms with van der Waals surface area (Å²) in [5, 5.41) is 36.6. The minimum atomic E-state index is -1.26. The van der Waals surface area contributed by atoms with Crippen molar-refractivity contribution in [2.45, 2.75) is 69.2 Å². The van der Waals surface area contributed by atoms with Gasteiger partial charge in [0.25, 0.3) is 0 Å². The van der Waals surface area contributed by atoms with E-state index in [2.05, 4.69) is 0 Å². The third-order valence-electron chi connectivity index (χ3n) is 4.17. The van der Waals surface area contributed by atoms with Crippen molar-refractivity contribution in [3.8, 4) is 0 Å². The fourth-order valence-corrected chi connectivity index (χ4v) is 2.46. The Morgan fingerprint density at radius 2 is 0.683 bits per heavy atom. The second-order valence-electron chi connectivity index (χ2n) is 6.02. The van der Waals surface area contributed by atoms with Gasteiger partial charge in [0.2, 0.25) is 0 Å². The van der Waals surface area contributed by atoms with Gasteiger partial charge in [0.15, 0.2) is 0 Å². The summed E-state index contributed by atoms with van der Waals surface area (Å²) in [5.41, 5.74) is 0. The molecule has 0 amide bonds. The number of carboxylic acid groups (broad SMARTS) is 4. The van der Waals surface area contributed by atoms with Gasteiger partial charge in [0.05, 0.1) is 23.7 Å². The molecular weight excluding hydrogens is 1370 g/mol. The fourth-order valence-electron chi connectivity index (χ4n) is 2.46. The molecule has 41 heavy (non-hydrogen) atoms. The van der Waals surface area contributed by atoms with Gasteiger partial charge in [-0.1, -0.05) is 67.9 Å². The number of rotatable bonds is 13. The first-order valence-electron chi connectivity index (χ1n) is 8.34. The average molecular weight is 1410 g/mol. The van der Waals surface area contributed by atoms with Gasteiger partial charge in [-0.25, -0.2) is 0 Å². The van der Waals surface area contributed by atoms with E-state index in [4.69, 9.17) is 10.2 Å². The Balaban J connectivity index is -0.0000000298. The number of hydrogen-bond acceptors (Lipinski definition) is 4. The largest absolute Gasteiger partial charge is 0.481 e. The van der Waals surface area contributed by atoms with Gasteiger partial charge >= 0.3 is 23.9 Å². The third-order valence-corrected chi connectivity index (χ3v) is 4.17. The van der Waals surface area contributed by atoms with Crippen molar-refractivity contribution in [2.75, 3.05) is 0 Å². The van der Waals surface area contributed by atoms with Gasteiger partial charge in [0.1, 0.15) is 0 Å². The van der Waals surface area contributed by atoms with Crippen LogP contribution in [0.3, 0.4) is 0 Å². The van der Waals surface area contributed by atoms with E-state index in [9.17, 15) is 29.4 Å². The van der Waals surface area contributed by atoms with Crippen LogP contribution in [-0.2, 0) is 379 Å². The Labute approximate surface area is 526 Å². The molecule has 11 radical (unpaired) electrons. The summed E-state index contributed by atoms with van der Waals surface area (Å²) in [5.74, 6) is -9.46. The van der Waals surface area contributed by atoms with Crippen LogP contribution in [0, 0.1) is 23.7 Å². The van der Waals surface area contributed by atoms with Gasteiger partial charge in [-0.05, 0) is 25.7 Å². The zero-order valence-electron chi connectivity index (χ0n) is 21.2. The molecule has 4 N–H and O–H groups in total. The second-order valence-corrected chi connectivity index (χ2v) is 6.02. The standard InChI is InChI=1S/C18H26O8.4CH4.11Y/c1-3-4-5-9-13(17(23)24)14(18(25)26)10-7-6-8-12(16(21)22)11(2)15(19)20;;;;;;;;;;;;;;;/h4-7,11-14H,3,8-10H2,1-2H3,(H,19,20)(H,21,22)(H,23,24)(H,25,26);4*1H4;;;;;;;;;;;. The maximum Gasteiger partial charge on any atom is 0.307 e.